The summed E-state index contributed by atoms with van der Waals surface area (Å²) >= 11 is 0. The van der Waals surface area contributed by atoms with Gasteiger partial charge in [-0.15, -0.1) is 0 Å². The number of hydrogen-bond donors (Lipinski definition) is 2. The zero-order valence-corrected chi connectivity index (χ0v) is 17.1. The number of nitrogens with one attached hydrogen (secondary N) is 1. The predicted octanol–water partition coefficient (Wildman–Crippen LogP) is 4.41. The molecule has 29 heavy (non-hydrogen) atoms. The fraction of sp³-hybridized carbons (Fsp3) is 0.435. The van der Waals surface area contributed by atoms with Gasteiger partial charge < -0.3 is 15.0 Å². The van der Waals surface area contributed by atoms with Crippen molar-refractivity contribution in [1.82, 2.24) is 14.5 Å². The smallest absolute Gasteiger partial charge is 0.306 e. The molecule has 0 bridgehead atoms. The highest BCUT2D eigenvalue weighted by Gasteiger charge is 2.25. The molecule has 2 aromatic heterocycles. The van der Waals surface area contributed by atoms with Crippen molar-refractivity contribution in [3.05, 3.63) is 53.5 Å². The van der Waals surface area contributed by atoms with Crippen molar-refractivity contribution in [2.75, 3.05) is 5.32 Å². The van der Waals surface area contributed by atoms with Crippen LogP contribution in [0.3, 0.4) is 0 Å². The lowest BCUT2D eigenvalue weighted by Gasteiger charge is -2.27. The molecule has 2 heterocycles. The van der Waals surface area contributed by atoms with Gasteiger partial charge >= 0.3 is 5.97 Å². The van der Waals surface area contributed by atoms with E-state index in [4.69, 9.17) is 10.1 Å². The van der Waals surface area contributed by atoms with Gasteiger partial charge in [-0.2, -0.15) is 0 Å². The molecule has 6 nitrogen and oxygen atoms in total. The van der Waals surface area contributed by atoms with E-state index in [0.29, 0.717) is 6.04 Å². The number of aromatic nitrogens is 3. The third-order valence-electron chi connectivity index (χ3n) is 5.97. The number of imidazole rings is 1. The number of carboxylic acids is 1. The van der Waals surface area contributed by atoms with E-state index in [1.807, 2.05) is 12.3 Å². The average Bonchev–Trinajstić information content (AvgIpc) is 3.09. The number of fused-ring (bicyclic) bond motifs is 1. The molecule has 0 radical (unpaired) electrons. The summed E-state index contributed by atoms with van der Waals surface area (Å²) in [6.45, 7) is 4.95. The van der Waals surface area contributed by atoms with Crippen LogP contribution < -0.4 is 5.32 Å². The first-order valence-corrected chi connectivity index (χ1v) is 10.4. The molecule has 4 rings (SSSR count). The molecule has 0 unspecified atom stereocenters. The summed E-state index contributed by atoms with van der Waals surface area (Å²) in [6.07, 6.45) is 6.04. The van der Waals surface area contributed by atoms with Crippen LogP contribution >= 0.6 is 0 Å². The quantitative estimate of drug-likeness (QED) is 0.650. The third kappa shape index (κ3) is 4.11. The molecule has 0 atom stereocenters. The average molecular weight is 393 g/mol. The maximum absolute atomic E-state index is 11.1. The Morgan fingerprint density at radius 3 is 2.55 bits per heavy atom. The van der Waals surface area contributed by atoms with Crippen LogP contribution in [0.5, 0.6) is 0 Å². The number of nitrogens with zero attached hydrogens (tertiary/aromatic N) is 3. The first-order chi connectivity index (χ1) is 14.0. The van der Waals surface area contributed by atoms with E-state index in [1.165, 1.54) is 5.56 Å². The number of hydrogen-bond acceptors (Lipinski definition) is 4. The van der Waals surface area contributed by atoms with Crippen molar-refractivity contribution in [1.29, 1.82) is 0 Å². The molecular formula is C23H28N4O2. The minimum absolute atomic E-state index is 0.176. The minimum atomic E-state index is -0.657. The largest absolute Gasteiger partial charge is 0.481 e. The van der Waals surface area contributed by atoms with Crippen LogP contribution in [0.1, 0.15) is 49.6 Å². The van der Waals surface area contributed by atoms with Crippen LogP contribution in [-0.2, 0) is 17.8 Å². The van der Waals surface area contributed by atoms with Gasteiger partial charge in [0, 0.05) is 24.3 Å². The molecule has 1 aliphatic carbocycles. The van der Waals surface area contributed by atoms with Gasteiger partial charge in [-0.3, -0.25) is 4.79 Å². The van der Waals surface area contributed by atoms with E-state index < -0.39 is 5.97 Å². The van der Waals surface area contributed by atoms with E-state index in [0.717, 1.165) is 66.9 Å². The van der Waals surface area contributed by atoms with E-state index in [-0.39, 0.29) is 5.92 Å². The van der Waals surface area contributed by atoms with E-state index >= 15 is 0 Å². The van der Waals surface area contributed by atoms with Gasteiger partial charge in [0.15, 0.2) is 5.65 Å². The number of carbonyl (C=O) groups is 1. The Morgan fingerprint density at radius 2 is 1.90 bits per heavy atom. The lowest BCUT2D eigenvalue weighted by atomic mass is 9.86. The first-order valence-electron chi connectivity index (χ1n) is 10.4. The number of pyridine rings is 1. The van der Waals surface area contributed by atoms with Crippen molar-refractivity contribution >= 4 is 22.8 Å². The molecule has 0 saturated heterocycles. The Balaban J connectivity index is 1.45. The van der Waals surface area contributed by atoms with Gasteiger partial charge in [0.1, 0.15) is 11.3 Å². The number of aryl methyl sites for hydroxylation is 2. The lowest BCUT2D eigenvalue weighted by Crippen LogP contribution is -2.29. The summed E-state index contributed by atoms with van der Waals surface area (Å²) in [7, 11) is 0. The highest BCUT2D eigenvalue weighted by atomic mass is 16.4. The number of anilines is 1. The van der Waals surface area contributed by atoms with Crippen LogP contribution in [0.25, 0.3) is 11.2 Å². The van der Waals surface area contributed by atoms with Crippen LogP contribution in [0.15, 0.2) is 36.5 Å². The first kappa shape index (κ1) is 19.4. The maximum Gasteiger partial charge on any atom is 0.306 e. The summed E-state index contributed by atoms with van der Waals surface area (Å²) in [5.41, 5.74) is 5.38. The van der Waals surface area contributed by atoms with Gasteiger partial charge in [0.2, 0.25) is 0 Å². The van der Waals surface area contributed by atoms with Crippen LogP contribution in [-0.4, -0.2) is 31.7 Å². The molecular weight excluding hydrogens is 364 g/mol. The zero-order chi connectivity index (χ0) is 20.4. The van der Waals surface area contributed by atoms with Crippen molar-refractivity contribution in [2.24, 2.45) is 5.92 Å². The minimum Gasteiger partial charge on any atom is -0.481 e. The Labute approximate surface area is 171 Å². The Bertz CT molecular complexity index is 1000. The summed E-state index contributed by atoms with van der Waals surface area (Å²) in [5, 5.41) is 12.7. The van der Waals surface area contributed by atoms with Gasteiger partial charge in [0.05, 0.1) is 12.5 Å². The fourth-order valence-electron chi connectivity index (χ4n) is 4.23. The van der Waals surface area contributed by atoms with Gasteiger partial charge in [0.25, 0.3) is 0 Å². The molecule has 0 spiro atoms. The van der Waals surface area contributed by atoms with Crippen molar-refractivity contribution < 1.29 is 9.90 Å². The van der Waals surface area contributed by atoms with Crippen LogP contribution in [0.2, 0.25) is 0 Å². The Hall–Kier alpha value is -2.89. The SMILES string of the molecule is CCc1nc2c(C)ccnc2n1Cc1ccc(NC2CCC(C(=O)O)CC2)cc1. The molecule has 1 aromatic carbocycles. The second-order valence-electron chi connectivity index (χ2n) is 8.00. The summed E-state index contributed by atoms with van der Waals surface area (Å²) in [5.74, 6) is 0.223. The zero-order valence-electron chi connectivity index (χ0n) is 17.1. The maximum atomic E-state index is 11.1. The standard InChI is InChI=1S/C23H28N4O2/c1-3-20-26-21-15(2)12-13-24-22(21)27(20)14-16-4-8-18(9-5-16)25-19-10-6-17(7-11-19)23(28)29/h4-5,8-9,12-13,17,19,25H,3,6-7,10-11,14H2,1-2H3,(H,28,29). The van der Waals surface area contributed by atoms with Crippen molar-refractivity contribution in [3.8, 4) is 0 Å². The molecule has 2 N–H and O–H groups in total. The van der Waals surface area contributed by atoms with Crippen LogP contribution in [0, 0.1) is 12.8 Å². The molecule has 1 saturated carbocycles. The lowest BCUT2D eigenvalue weighted by molar-refractivity contribution is -0.142. The number of rotatable bonds is 6. The molecule has 152 valence electrons. The van der Waals surface area contributed by atoms with E-state index in [1.54, 1.807) is 0 Å². The predicted molar refractivity (Wildman–Crippen MR) is 114 cm³/mol. The molecule has 1 aliphatic rings. The summed E-state index contributed by atoms with van der Waals surface area (Å²) < 4.78 is 2.21. The second-order valence-corrected chi connectivity index (χ2v) is 8.00. The summed E-state index contributed by atoms with van der Waals surface area (Å²) in [6, 6.07) is 10.9. The highest BCUT2D eigenvalue weighted by Crippen LogP contribution is 2.27. The van der Waals surface area contributed by atoms with Gasteiger partial charge in [-0.25, -0.2) is 9.97 Å². The normalized spacial score (nSPS) is 19.4. The Kier molecular flexibility index (Phi) is 5.51. The summed E-state index contributed by atoms with van der Waals surface area (Å²) in [4.78, 5) is 20.5. The fourth-order valence-corrected chi connectivity index (χ4v) is 4.23. The molecule has 1 fully saturated rings. The molecule has 6 heteroatoms. The molecule has 0 aliphatic heterocycles. The second kappa shape index (κ2) is 8.23. The number of carboxylic acid groups (broad SMARTS) is 1. The third-order valence-corrected chi connectivity index (χ3v) is 5.97. The molecule has 3 aromatic rings. The van der Waals surface area contributed by atoms with E-state index in [9.17, 15) is 4.79 Å². The van der Waals surface area contributed by atoms with Crippen LogP contribution in [0.4, 0.5) is 5.69 Å². The van der Waals surface area contributed by atoms with Gasteiger partial charge in [-0.05, 0) is 61.9 Å². The van der Waals surface area contributed by atoms with Gasteiger partial charge in [-0.1, -0.05) is 19.1 Å². The number of aliphatic carboxylic acids is 1. The highest BCUT2D eigenvalue weighted by molar-refractivity contribution is 5.75. The molecule has 0 amide bonds. The topological polar surface area (TPSA) is 80.0 Å². The van der Waals surface area contributed by atoms with Crippen molar-refractivity contribution in [3.63, 3.8) is 0 Å². The monoisotopic (exact) mass is 392 g/mol. The Morgan fingerprint density at radius 1 is 1.17 bits per heavy atom. The van der Waals surface area contributed by atoms with Crippen molar-refractivity contribution in [2.45, 2.75) is 58.5 Å². The van der Waals surface area contributed by atoms with E-state index in [2.05, 4.69) is 53.0 Å². The number of benzene rings is 1.